The maximum Gasteiger partial charge on any atom is 0.306 e. The van der Waals surface area contributed by atoms with Crippen molar-refractivity contribution in [1.82, 2.24) is 5.32 Å². The summed E-state index contributed by atoms with van der Waals surface area (Å²) in [5, 5.41) is 11.4. The van der Waals surface area contributed by atoms with Gasteiger partial charge in [0.1, 0.15) is 0 Å². The average Bonchev–Trinajstić information content (AvgIpc) is 2.17. The van der Waals surface area contributed by atoms with Crippen LogP contribution in [-0.2, 0) is 9.59 Å². The third-order valence-corrected chi connectivity index (χ3v) is 2.29. The molecule has 0 saturated carbocycles. The monoisotopic (exact) mass is 216 g/mol. The molecule has 0 heterocycles. The Morgan fingerprint density at radius 2 is 1.93 bits per heavy atom. The number of rotatable bonds is 7. The minimum Gasteiger partial charge on any atom is -0.481 e. The summed E-state index contributed by atoms with van der Waals surface area (Å²) in [6.07, 6.45) is 2.21. The van der Waals surface area contributed by atoms with Crippen molar-refractivity contribution in [1.29, 1.82) is 0 Å². The molecule has 4 N–H and O–H groups in total. The molecule has 0 aliphatic heterocycles. The highest BCUT2D eigenvalue weighted by Gasteiger charge is 2.11. The molecule has 0 radical (unpaired) electrons. The molecule has 0 spiro atoms. The SMILES string of the molecule is CC(CCCC(C)C(=O)O)NC(=O)CN. The Kier molecular flexibility index (Phi) is 6.70. The molecular weight excluding hydrogens is 196 g/mol. The number of amides is 1. The van der Waals surface area contributed by atoms with Crippen LogP contribution in [-0.4, -0.2) is 29.6 Å². The van der Waals surface area contributed by atoms with Gasteiger partial charge < -0.3 is 16.2 Å². The van der Waals surface area contributed by atoms with Crippen molar-refractivity contribution < 1.29 is 14.7 Å². The molecule has 2 atom stereocenters. The van der Waals surface area contributed by atoms with Crippen LogP contribution >= 0.6 is 0 Å². The number of carbonyl (C=O) groups is 2. The van der Waals surface area contributed by atoms with E-state index in [1.807, 2.05) is 6.92 Å². The molecule has 0 saturated heterocycles. The fraction of sp³-hybridized carbons (Fsp3) is 0.800. The molecule has 5 heteroatoms. The number of carboxylic acids is 1. The van der Waals surface area contributed by atoms with Gasteiger partial charge in [0.05, 0.1) is 12.5 Å². The summed E-state index contributed by atoms with van der Waals surface area (Å²) in [4.78, 5) is 21.4. The third-order valence-electron chi connectivity index (χ3n) is 2.29. The smallest absolute Gasteiger partial charge is 0.306 e. The molecule has 0 rings (SSSR count). The number of carboxylic acid groups (broad SMARTS) is 1. The lowest BCUT2D eigenvalue weighted by molar-refractivity contribution is -0.141. The van der Waals surface area contributed by atoms with Crippen LogP contribution in [0, 0.1) is 5.92 Å². The van der Waals surface area contributed by atoms with E-state index >= 15 is 0 Å². The Labute approximate surface area is 90.0 Å². The first-order chi connectivity index (χ1) is 6.97. The zero-order chi connectivity index (χ0) is 11.8. The van der Waals surface area contributed by atoms with Crippen molar-refractivity contribution in [3.05, 3.63) is 0 Å². The topological polar surface area (TPSA) is 92.4 Å². The summed E-state index contributed by atoms with van der Waals surface area (Å²) >= 11 is 0. The second kappa shape index (κ2) is 7.23. The minimum absolute atomic E-state index is 0.00410. The Bertz CT molecular complexity index is 219. The van der Waals surface area contributed by atoms with Crippen molar-refractivity contribution in [3.8, 4) is 0 Å². The normalized spacial score (nSPS) is 14.3. The maximum atomic E-state index is 10.9. The summed E-state index contributed by atoms with van der Waals surface area (Å²) in [7, 11) is 0. The Balaban J connectivity index is 3.59. The molecule has 0 aliphatic rings. The van der Waals surface area contributed by atoms with Crippen molar-refractivity contribution in [3.63, 3.8) is 0 Å². The highest BCUT2D eigenvalue weighted by molar-refractivity contribution is 5.77. The molecule has 0 aliphatic carbocycles. The van der Waals surface area contributed by atoms with Crippen LogP contribution in [0.3, 0.4) is 0 Å². The lowest BCUT2D eigenvalue weighted by Crippen LogP contribution is -2.37. The van der Waals surface area contributed by atoms with Crippen LogP contribution in [0.4, 0.5) is 0 Å². The number of nitrogens with two attached hydrogens (primary N) is 1. The van der Waals surface area contributed by atoms with E-state index in [4.69, 9.17) is 10.8 Å². The first kappa shape index (κ1) is 13.9. The first-order valence-corrected chi connectivity index (χ1v) is 5.19. The van der Waals surface area contributed by atoms with E-state index in [0.717, 1.165) is 12.8 Å². The van der Waals surface area contributed by atoms with Crippen LogP contribution in [0.5, 0.6) is 0 Å². The summed E-state index contributed by atoms with van der Waals surface area (Å²) in [5.41, 5.74) is 5.15. The zero-order valence-corrected chi connectivity index (χ0v) is 9.32. The fourth-order valence-corrected chi connectivity index (χ4v) is 1.26. The molecule has 0 aromatic rings. The Morgan fingerprint density at radius 3 is 2.40 bits per heavy atom. The van der Waals surface area contributed by atoms with Gasteiger partial charge in [-0.1, -0.05) is 13.3 Å². The molecular formula is C10H20N2O3. The summed E-state index contributed by atoms with van der Waals surface area (Å²) in [5.74, 6) is -1.26. The molecule has 0 fully saturated rings. The zero-order valence-electron chi connectivity index (χ0n) is 9.32. The van der Waals surface area contributed by atoms with E-state index in [2.05, 4.69) is 5.32 Å². The predicted octanol–water partition coefficient (Wildman–Crippen LogP) is 0.341. The van der Waals surface area contributed by atoms with Gasteiger partial charge in [0.15, 0.2) is 0 Å². The molecule has 2 unspecified atom stereocenters. The third kappa shape index (κ3) is 6.90. The maximum absolute atomic E-state index is 10.9. The molecule has 1 amide bonds. The van der Waals surface area contributed by atoms with E-state index < -0.39 is 5.97 Å². The van der Waals surface area contributed by atoms with Crippen molar-refractivity contribution in [2.75, 3.05) is 6.54 Å². The predicted molar refractivity (Wildman–Crippen MR) is 57.3 cm³/mol. The lowest BCUT2D eigenvalue weighted by Gasteiger charge is -2.13. The van der Waals surface area contributed by atoms with Crippen molar-refractivity contribution >= 4 is 11.9 Å². The van der Waals surface area contributed by atoms with Crippen molar-refractivity contribution in [2.24, 2.45) is 11.7 Å². The minimum atomic E-state index is -0.770. The highest BCUT2D eigenvalue weighted by atomic mass is 16.4. The Morgan fingerprint density at radius 1 is 1.33 bits per heavy atom. The van der Waals surface area contributed by atoms with Crippen LogP contribution in [0.1, 0.15) is 33.1 Å². The summed E-state index contributed by atoms with van der Waals surface area (Å²) in [6, 6.07) is 0.0574. The van der Waals surface area contributed by atoms with Crippen LogP contribution in [0.15, 0.2) is 0 Å². The number of aliphatic carboxylic acids is 1. The van der Waals surface area contributed by atoms with Gasteiger partial charge in [-0.15, -0.1) is 0 Å². The van der Waals surface area contributed by atoms with Crippen LogP contribution in [0.25, 0.3) is 0 Å². The van der Waals surface area contributed by atoms with Gasteiger partial charge in [-0.3, -0.25) is 9.59 Å². The van der Waals surface area contributed by atoms with Gasteiger partial charge in [-0.25, -0.2) is 0 Å². The van der Waals surface area contributed by atoms with Gasteiger partial charge >= 0.3 is 5.97 Å². The fourth-order valence-electron chi connectivity index (χ4n) is 1.26. The molecule has 0 aromatic carbocycles. The summed E-state index contributed by atoms with van der Waals surface area (Å²) < 4.78 is 0. The quantitative estimate of drug-likeness (QED) is 0.572. The van der Waals surface area contributed by atoms with E-state index in [0.29, 0.717) is 6.42 Å². The molecule has 0 bridgehead atoms. The molecule has 15 heavy (non-hydrogen) atoms. The second-order valence-electron chi connectivity index (χ2n) is 3.84. The summed E-state index contributed by atoms with van der Waals surface area (Å²) in [6.45, 7) is 3.57. The van der Waals surface area contributed by atoms with Gasteiger partial charge in [-0.05, 0) is 19.8 Å². The molecule has 5 nitrogen and oxygen atoms in total. The standard InChI is InChI=1S/C10H20N2O3/c1-7(10(14)15)4-3-5-8(2)12-9(13)6-11/h7-8H,3-6,11H2,1-2H3,(H,12,13)(H,14,15). The first-order valence-electron chi connectivity index (χ1n) is 5.19. The van der Waals surface area contributed by atoms with Crippen molar-refractivity contribution in [2.45, 2.75) is 39.2 Å². The largest absolute Gasteiger partial charge is 0.481 e. The second-order valence-corrected chi connectivity index (χ2v) is 3.84. The lowest BCUT2D eigenvalue weighted by atomic mass is 10.0. The number of carbonyl (C=O) groups excluding carboxylic acids is 1. The van der Waals surface area contributed by atoms with Crippen LogP contribution < -0.4 is 11.1 Å². The van der Waals surface area contributed by atoms with E-state index in [1.165, 1.54) is 0 Å². The highest BCUT2D eigenvalue weighted by Crippen LogP contribution is 2.09. The van der Waals surface area contributed by atoms with Gasteiger partial charge in [0, 0.05) is 6.04 Å². The number of hydrogen-bond donors (Lipinski definition) is 3. The molecule has 88 valence electrons. The van der Waals surface area contributed by atoms with E-state index in [1.54, 1.807) is 6.92 Å². The van der Waals surface area contributed by atoms with Gasteiger partial charge in [0.25, 0.3) is 0 Å². The van der Waals surface area contributed by atoms with E-state index in [-0.39, 0.29) is 24.4 Å². The van der Waals surface area contributed by atoms with Gasteiger partial charge in [0.2, 0.25) is 5.91 Å². The van der Waals surface area contributed by atoms with E-state index in [9.17, 15) is 9.59 Å². The Hall–Kier alpha value is -1.10. The van der Waals surface area contributed by atoms with Gasteiger partial charge in [-0.2, -0.15) is 0 Å². The number of hydrogen-bond acceptors (Lipinski definition) is 3. The average molecular weight is 216 g/mol. The van der Waals surface area contributed by atoms with Crippen LogP contribution in [0.2, 0.25) is 0 Å². The number of nitrogens with one attached hydrogen (secondary N) is 1. The molecule has 0 aromatic heterocycles.